The number of imide groups is 1. The Balaban J connectivity index is 1.92. The monoisotopic (exact) mass is 351 g/mol. The summed E-state index contributed by atoms with van der Waals surface area (Å²) >= 11 is 0. The summed E-state index contributed by atoms with van der Waals surface area (Å²) in [6, 6.07) is 12.1. The van der Waals surface area contributed by atoms with Crippen molar-refractivity contribution in [2.24, 2.45) is 5.10 Å². The van der Waals surface area contributed by atoms with Crippen molar-refractivity contribution < 1.29 is 14.7 Å². The van der Waals surface area contributed by atoms with E-state index in [4.69, 9.17) is 0 Å². The fourth-order valence-corrected chi connectivity index (χ4v) is 3.22. The maximum absolute atomic E-state index is 13.0. The number of carbonyl (C=O) groups excluding carboxylic acids is 2. The normalized spacial score (nSPS) is 20.0. The molecule has 0 radical (unpaired) electrons. The van der Waals surface area contributed by atoms with Gasteiger partial charge in [-0.3, -0.25) is 4.79 Å². The van der Waals surface area contributed by atoms with Gasteiger partial charge >= 0.3 is 6.03 Å². The molecule has 1 aliphatic heterocycles. The number of hydrogen-bond acceptors (Lipinski definition) is 4. The summed E-state index contributed by atoms with van der Waals surface area (Å²) in [5.41, 5.74) is 1.74. The van der Waals surface area contributed by atoms with Crippen LogP contribution in [0.25, 0.3) is 0 Å². The van der Waals surface area contributed by atoms with E-state index in [0.717, 1.165) is 10.6 Å². The molecule has 134 valence electrons. The number of rotatable bonds is 4. The summed E-state index contributed by atoms with van der Waals surface area (Å²) in [5, 5.41) is 17.6. The molecule has 1 fully saturated rings. The lowest BCUT2D eigenvalue weighted by Crippen LogP contribution is -2.43. The molecule has 2 N–H and O–H groups in total. The Kier molecular flexibility index (Phi) is 4.50. The lowest BCUT2D eigenvalue weighted by atomic mass is 9.87. The summed E-state index contributed by atoms with van der Waals surface area (Å²) in [7, 11) is 0. The second-order valence-electron chi connectivity index (χ2n) is 6.42. The quantitative estimate of drug-likeness (QED) is 0.655. The second-order valence-corrected chi connectivity index (χ2v) is 6.42. The average molecular weight is 351 g/mol. The van der Waals surface area contributed by atoms with Gasteiger partial charge in [0, 0.05) is 0 Å². The summed E-state index contributed by atoms with van der Waals surface area (Å²) in [6.45, 7) is 5.42. The number of benzene rings is 2. The Morgan fingerprint density at radius 1 is 1.15 bits per heavy atom. The molecule has 1 heterocycles. The molecule has 3 amide bonds. The number of aromatic hydroxyl groups is 1. The summed E-state index contributed by atoms with van der Waals surface area (Å²) in [5.74, 6) is -0.175. The van der Waals surface area contributed by atoms with Gasteiger partial charge in [0.25, 0.3) is 5.91 Å². The first-order valence-corrected chi connectivity index (χ1v) is 8.45. The first-order valence-electron chi connectivity index (χ1n) is 8.45. The van der Waals surface area contributed by atoms with E-state index in [1.165, 1.54) is 6.21 Å². The molecule has 2 aromatic carbocycles. The van der Waals surface area contributed by atoms with Crippen LogP contribution in [0.5, 0.6) is 5.75 Å². The number of phenolic OH excluding ortho intramolecular Hbond substituents is 1. The molecule has 0 bridgehead atoms. The molecule has 0 spiro atoms. The van der Waals surface area contributed by atoms with Crippen LogP contribution < -0.4 is 5.32 Å². The molecule has 0 aliphatic carbocycles. The molecule has 3 rings (SSSR count). The topological polar surface area (TPSA) is 82.0 Å². The molecule has 0 aromatic heterocycles. The minimum atomic E-state index is -1.10. The second kappa shape index (κ2) is 6.63. The minimum absolute atomic E-state index is 0.228. The van der Waals surface area contributed by atoms with Gasteiger partial charge in [0.2, 0.25) is 0 Å². The molecule has 1 atom stereocenters. The Morgan fingerprint density at radius 3 is 2.35 bits per heavy atom. The largest absolute Gasteiger partial charge is 0.507 e. The number of phenols is 1. The summed E-state index contributed by atoms with van der Waals surface area (Å²) in [4.78, 5) is 25.3. The Bertz CT molecular complexity index is 869. The zero-order valence-corrected chi connectivity index (χ0v) is 15.0. The van der Waals surface area contributed by atoms with Crippen LogP contribution in [0.3, 0.4) is 0 Å². The highest BCUT2D eigenvalue weighted by Crippen LogP contribution is 2.32. The van der Waals surface area contributed by atoms with Crippen LogP contribution in [0.15, 0.2) is 47.6 Å². The molecule has 0 saturated carbocycles. The van der Waals surface area contributed by atoms with E-state index >= 15 is 0 Å². The van der Waals surface area contributed by atoms with E-state index in [-0.39, 0.29) is 5.75 Å². The highest BCUT2D eigenvalue weighted by Gasteiger charge is 2.51. The lowest BCUT2D eigenvalue weighted by molar-refractivity contribution is -0.131. The molecule has 6 nitrogen and oxygen atoms in total. The van der Waals surface area contributed by atoms with Gasteiger partial charge in [-0.25, -0.2) is 4.79 Å². The third-order valence-corrected chi connectivity index (χ3v) is 4.70. The Labute approximate surface area is 152 Å². The fourth-order valence-electron chi connectivity index (χ4n) is 3.22. The number of nitrogens with zero attached hydrogens (tertiary/aromatic N) is 2. The molecular weight excluding hydrogens is 330 g/mol. The van der Waals surface area contributed by atoms with Crippen molar-refractivity contribution in [3.8, 4) is 5.75 Å². The third-order valence-electron chi connectivity index (χ3n) is 4.70. The van der Waals surface area contributed by atoms with Crippen molar-refractivity contribution in [3.05, 3.63) is 64.7 Å². The SMILES string of the molecule is CC[C@@]1(c2ccccc2)NC(=O)N(/N=C/c2cc(C)c(O)c(C)c2)C1=O. The van der Waals surface area contributed by atoms with Crippen molar-refractivity contribution in [2.75, 3.05) is 0 Å². The van der Waals surface area contributed by atoms with Crippen molar-refractivity contribution in [1.82, 2.24) is 10.3 Å². The molecule has 0 unspecified atom stereocenters. The average Bonchev–Trinajstić information content (AvgIpc) is 2.89. The van der Waals surface area contributed by atoms with E-state index in [1.807, 2.05) is 37.3 Å². The van der Waals surface area contributed by atoms with Crippen LogP contribution in [0.2, 0.25) is 0 Å². The van der Waals surface area contributed by atoms with Gasteiger partial charge in [0.1, 0.15) is 11.3 Å². The van der Waals surface area contributed by atoms with Crippen molar-refractivity contribution >= 4 is 18.2 Å². The predicted octanol–water partition coefficient (Wildman–Crippen LogP) is 3.20. The fraction of sp³-hybridized carbons (Fsp3) is 0.250. The molecule has 26 heavy (non-hydrogen) atoms. The predicted molar refractivity (Wildman–Crippen MR) is 99.0 cm³/mol. The molecule has 6 heteroatoms. The number of aryl methyl sites for hydroxylation is 2. The van der Waals surface area contributed by atoms with Crippen LogP contribution in [-0.2, 0) is 10.3 Å². The third kappa shape index (κ3) is 2.83. The Hall–Kier alpha value is -3.15. The maximum Gasteiger partial charge on any atom is 0.346 e. The Morgan fingerprint density at radius 2 is 1.77 bits per heavy atom. The number of urea groups is 1. The van der Waals surface area contributed by atoms with Gasteiger partial charge in [0.15, 0.2) is 0 Å². The molecular formula is C20H21N3O3. The zero-order chi connectivity index (χ0) is 18.9. The molecule has 1 aliphatic rings. The van der Waals surface area contributed by atoms with Gasteiger partial charge in [0.05, 0.1) is 6.21 Å². The van der Waals surface area contributed by atoms with Crippen molar-refractivity contribution in [3.63, 3.8) is 0 Å². The lowest BCUT2D eigenvalue weighted by Gasteiger charge is -2.24. The zero-order valence-electron chi connectivity index (χ0n) is 15.0. The standard InChI is InChI=1S/C20H21N3O3/c1-4-20(16-8-6-5-7-9-16)18(25)23(19(26)22-20)21-12-15-10-13(2)17(24)14(3)11-15/h5-12,24H,4H2,1-3H3,(H,22,26)/b21-12+/t20-/m0/s1. The van der Waals surface area contributed by atoms with Gasteiger partial charge in [-0.15, -0.1) is 5.01 Å². The van der Waals surface area contributed by atoms with E-state index in [9.17, 15) is 14.7 Å². The minimum Gasteiger partial charge on any atom is -0.507 e. The number of amides is 3. The van der Waals surface area contributed by atoms with Crippen LogP contribution in [-0.4, -0.2) is 28.3 Å². The highest BCUT2D eigenvalue weighted by atomic mass is 16.3. The van der Waals surface area contributed by atoms with E-state index < -0.39 is 17.5 Å². The van der Waals surface area contributed by atoms with Gasteiger partial charge in [-0.1, -0.05) is 37.3 Å². The van der Waals surface area contributed by atoms with E-state index in [2.05, 4.69) is 10.4 Å². The summed E-state index contributed by atoms with van der Waals surface area (Å²) < 4.78 is 0. The maximum atomic E-state index is 13.0. The number of carbonyl (C=O) groups is 2. The summed E-state index contributed by atoms with van der Waals surface area (Å²) in [6.07, 6.45) is 1.87. The van der Waals surface area contributed by atoms with Crippen LogP contribution in [0.1, 0.15) is 35.6 Å². The van der Waals surface area contributed by atoms with Gasteiger partial charge < -0.3 is 10.4 Å². The number of hydrazone groups is 1. The molecule has 2 aromatic rings. The van der Waals surface area contributed by atoms with Crippen molar-refractivity contribution in [1.29, 1.82) is 0 Å². The van der Waals surface area contributed by atoms with Gasteiger partial charge in [-0.2, -0.15) is 5.10 Å². The van der Waals surface area contributed by atoms with E-state index in [0.29, 0.717) is 23.1 Å². The highest BCUT2D eigenvalue weighted by molar-refractivity contribution is 6.07. The number of nitrogens with one attached hydrogen (secondary N) is 1. The van der Waals surface area contributed by atoms with Gasteiger partial charge in [-0.05, 0) is 54.7 Å². The van der Waals surface area contributed by atoms with Crippen LogP contribution in [0, 0.1) is 13.8 Å². The van der Waals surface area contributed by atoms with Crippen molar-refractivity contribution in [2.45, 2.75) is 32.7 Å². The molecule has 1 saturated heterocycles. The van der Waals surface area contributed by atoms with E-state index in [1.54, 1.807) is 26.0 Å². The first kappa shape index (κ1) is 17.7. The smallest absolute Gasteiger partial charge is 0.346 e. The van der Waals surface area contributed by atoms with Crippen LogP contribution in [0.4, 0.5) is 4.79 Å². The number of hydrogen-bond donors (Lipinski definition) is 2. The van der Waals surface area contributed by atoms with Crippen LogP contribution >= 0.6 is 0 Å². The first-order chi connectivity index (χ1) is 12.4.